The fourth-order valence-corrected chi connectivity index (χ4v) is 4.00. The van der Waals surface area contributed by atoms with Crippen molar-refractivity contribution in [3.05, 3.63) is 47.2 Å². The molecule has 1 saturated heterocycles. The van der Waals surface area contributed by atoms with Crippen molar-refractivity contribution in [1.29, 1.82) is 0 Å². The van der Waals surface area contributed by atoms with Gasteiger partial charge in [0.05, 0.1) is 42.2 Å². The van der Waals surface area contributed by atoms with Gasteiger partial charge in [0, 0.05) is 19.3 Å². The average Bonchev–Trinajstić information content (AvgIpc) is 3.13. The Hall–Kier alpha value is -1.76. The van der Waals surface area contributed by atoms with E-state index >= 15 is 0 Å². The smallest absolute Gasteiger partial charge is 0.108 e. The molecule has 1 aromatic carbocycles. The van der Waals surface area contributed by atoms with Crippen LogP contribution >= 0.6 is 11.3 Å². The number of benzene rings is 1. The van der Waals surface area contributed by atoms with E-state index in [1.807, 2.05) is 16.9 Å². The molecular weight excluding hydrogens is 308 g/mol. The molecule has 1 aliphatic rings. The summed E-state index contributed by atoms with van der Waals surface area (Å²) in [5, 5.41) is 5.54. The van der Waals surface area contributed by atoms with Gasteiger partial charge in [0.15, 0.2) is 0 Å². The molecule has 0 bridgehead atoms. The van der Waals surface area contributed by atoms with Gasteiger partial charge in [-0.2, -0.15) is 5.10 Å². The predicted molar refractivity (Wildman–Crippen MR) is 91.6 cm³/mol. The Bertz CT molecular complexity index is 764. The molecule has 0 N–H and O–H groups in total. The van der Waals surface area contributed by atoms with Crippen LogP contribution < -0.4 is 0 Å². The van der Waals surface area contributed by atoms with E-state index in [1.165, 1.54) is 15.3 Å². The topological polar surface area (TPSA) is 43.2 Å². The molecule has 23 heavy (non-hydrogen) atoms. The second-order valence-corrected chi connectivity index (χ2v) is 7.16. The van der Waals surface area contributed by atoms with E-state index < -0.39 is 0 Å². The predicted octanol–water partition coefficient (Wildman–Crippen LogP) is 2.70. The molecule has 120 valence electrons. The molecule has 3 aromatic rings. The van der Waals surface area contributed by atoms with Crippen LogP contribution in [-0.4, -0.2) is 45.5 Å². The maximum Gasteiger partial charge on any atom is 0.108 e. The summed E-state index contributed by atoms with van der Waals surface area (Å²) < 4.78 is 9.14. The highest BCUT2D eigenvalue weighted by atomic mass is 32.1. The lowest BCUT2D eigenvalue weighted by Crippen LogP contribution is -2.43. The number of fused-ring (bicyclic) bond motifs is 1. The maximum atomic E-state index is 5.90. The number of nitrogens with zero attached hydrogens (tertiary/aromatic N) is 4. The molecule has 0 amide bonds. The zero-order valence-corrected chi connectivity index (χ0v) is 14.0. The average molecular weight is 328 g/mol. The second kappa shape index (κ2) is 6.39. The monoisotopic (exact) mass is 328 g/mol. The Labute approximate surface area is 139 Å². The number of ether oxygens (including phenoxy) is 1. The normalized spacial score (nSPS) is 19.4. The first kappa shape index (κ1) is 14.8. The number of morpholine rings is 1. The van der Waals surface area contributed by atoms with Crippen LogP contribution in [-0.2, 0) is 17.8 Å². The molecule has 0 radical (unpaired) electrons. The number of aromatic nitrogens is 3. The minimum absolute atomic E-state index is 0.192. The van der Waals surface area contributed by atoms with E-state index in [0.29, 0.717) is 0 Å². The Morgan fingerprint density at radius 1 is 1.35 bits per heavy atom. The highest BCUT2D eigenvalue weighted by Gasteiger charge is 2.22. The Morgan fingerprint density at radius 2 is 2.26 bits per heavy atom. The summed E-state index contributed by atoms with van der Waals surface area (Å²) in [6, 6.07) is 8.33. The highest BCUT2D eigenvalue weighted by Crippen LogP contribution is 2.23. The van der Waals surface area contributed by atoms with Crippen LogP contribution in [0.15, 0.2) is 36.7 Å². The van der Waals surface area contributed by atoms with Gasteiger partial charge in [-0.1, -0.05) is 12.1 Å². The number of thiazole rings is 1. The van der Waals surface area contributed by atoms with E-state index in [2.05, 4.69) is 41.3 Å². The number of hydrogen-bond acceptors (Lipinski definition) is 5. The molecule has 2 aromatic heterocycles. The summed E-state index contributed by atoms with van der Waals surface area (Å²) in [4.78, 5) is 7.17. The lowest BCUT2D eigenvalue weighted by molar-refractivity contribution is -0.0402. The van der Waals surface area contributed by atoms with E-state index in [4.69, 9.17) is 9.72 Å². The van der Waals surface area contributed by atoms with Crippen molar-refractivity contribution in [3.63, 3.8) is 0 Å². The molecule has 1 aliphatic heterocycles. The Kier molecular flexibility index (Phi) is 4.11. The Morgan fingerprint density at radius 3 is 3.09 bits per heavy atom. The van der Waals surface area contributed by atoms with Crippen LogP contribution in [0, 0.1) is 6.92 Å². The summed E-state index contributed by atoms with van der Waals surface area (Å²) in [7, 11) is 0. The van der Waals surface area contributed by atoms with Crippen LogP contribution in [0.3, 0.4) is 0 Å². The zero-order chi connectivity index (χ0) is 15.6. The molecule has 1 unspecified atom stereocenters. The summed E-state index contributed by atoms with van der Waals surface area (Å²) >= 11 is 1.79. The SMILES string of the molecule is Cc1cnn(CC2CN(Cc3nc4ccccc4s3)CCO2)c1. The minimum Gasteiger partial charge on any atom is -0.374 e. The molecule has 3 heterocycles. The summed E-state index contributed by atoms with van der Waals surface area (Å²) in [5.41, 5.74) is 2.29. The van der Waals surface area contributed by atoms with E-state index in [-0.39, 0.29) is 6.10 Å². The van der Waals surface area contributed by atoms with Crippen molar-refractivity contribution < 1.29 is 4.74 Å². The van der Waals surface area contributed by atoms with Gasteiger partial charge in [0.1, 0.15) is 5.01 Å². The van der Waals surface area contributed by atoms with E-state index in [1.54, 1.807) is 11.3 Å². The first-order valence-electron chi connectivity index (χ1n) is 7.94. The van der Waals surface area contributed by atoms with Crippen LogP contribution in [0.4, 0.5) is 0 Å². The lowest BCUT2D eigenvalue weighted by atomic mass is 10.2. The van der Waals surface area contributed by atoms with Crippen molar-refractivity contribution in [2.75, 3.05) is 19.7 Å². The number of hydrogen-bond donors (Lipinski definition) is 0. The van der Waals surface area contributed by atoms with Gasteiger partial charge in [-0.15, -0.1) is 11.3 Å². The van der Waals surface area contributed by atoms with Crippen molar-refractivity contribution in [1.82, 2.24) is 19.7 Å². The van der Waals surface area contributed by atoms with Gasteiger partial charge in [-0.05, 0) is 24.6 Å². The molecular formula is C17H20N4OS. The molecule has 4 rings (SSSR count). The Balaban J connectivity index is 1.40. The fraction of sp³-hybridized carbons (Fsp3) is 0.412. The van der Waals surface area contributed by atoms with Gasteiger partial charge < -0.3 is 4.74 Å². The molecule has 6 heteroatoms. The van der Waals surface area contributed by atoms with Crippen LogP contribution in [0.5, 0.6) is 0 Å². The number of para-hydroxylation sites is 1. The van der Waals surface area contributed by atoms with Gasteiger partial charge in [-0.25, -0.2) is 4.98 Å². The molecule has 0 aliphatic carbocycles. The zero-order valence-electron chi connectivity index (χ0n) is 13.2. The van der Waals surface area contributed by atoms with Gasteiger partial charge in [-0.3, -0.25) is 9.58 Å². The van der Waals surface area contributed by atoms with E-state index in [9.17, 15) is 0 Å². The number of aryl methyl sites for hydroxylation is 1. The van der Waals surface area contributed by atoms with Crippen molar-refractivity contribution in [2.24, 2.45) is 0 Å². The van der Waals surface area contributed by atoms with Crippen molar-refractivity contribution in [2.45, 2.75) is 26.1 Å². The van der Waals surface area contributed by atoms with Crippen LogP contribution in [0.1, 0.15) is 10.6 Å². The van der Waals surface area contributed by atoms with Gasteiger partial charge in [0.25, 0.3) is 0 Å². The summed E-state index contributed by atoms with van der Waals surface area (Å²) in [6.45, 7) is 6.43. The molecule has 1 fully saturated rings. The quantitative estimate of drug-likeness (QED) is 0.738. The van der Waals surface area contributed by atoms with Gasteiger partial charge >= 0.3 is 0 Å². The third-order valence-electron chi connectivity index (χ3n) is 4.07. The molecule has 5 nitrogen and oxygen atoms in total. The van der Waals surface area contributed by atoms with Crippen molar-refractivity contribution >= 4 is 21.6 Å². The maximum absolute atomic E-state index is 5.90. The third-order valence-corrected chi connectivity index (χ3v) is 5.09. The minimum atomic E-state index is 0.192. The molecule has 0 spiro atoms. The molecule has 1 atom stereocenters. The third kappa shape index (κ3) is 3.44. The first-order valence-corrected chi connectivity index (χ1v) is 8.75. The highest BCUT2D eigenvalue weighted by molar-refractivity contribution is 7.18. The number of rotatable bonds is 4. The van der Waals surface area contributed by atoms with Crippen LogP contribution in [0.2, 0.25) is 0 Å². The largest absolute Gasteiger partial charge is 0.374 e. The standard InChI is InChI=1S/C17H20N4OS/c1-13-8-18-21(9-13)11-14-10-20(6-7-22-14)12-17-19-15-4-2-3-5-16(15)23-17/h2-5,8-9,14H,6-7,10-12H2,1H3. The van der Waals surface area contributed by atoms with Crippen molar-refractivity contribution in [3.8, 4) is 0 Å². The molecule has 0 saturated carbocycles. The fourth-order valence-electron chi connectivity index (χ4n) is 2.99. The lowest BCUT2D eigenvalue weighted by Gasteiger charge is -2.32. The van der Waals surface area contributed by atoms with Crippen LogP contribution in [0.25, 0.3) is 10.2 Å². The second-order valence-electron chi connectivity index (χ2n) is 6.04. The summed E-state index contributed by atoms with van der Waals surface area (Å²) in [6.07, 6.45) is 4.15. The summed E-state index contributed by atoms with van der Waals surface area (Å²) in [5.74, 6) is 0. The van der Waals surface area contributed by atoms with E-state index in [0.717, 1.165) is 38.3 Å². The van der Waals surface area contributed by atoms with Gasteiger partial charge in [0.2, 0.25) is 0 Å². The first-order chi connectivity index (χ1) is 11.3.